The lowest BCUT2D eigenvalue weighted by Crippen LogP contribution is -2.39. The lowest BCUT2D eigenvalue weighted by atomic mass is 9.70. The molecule has 1 aromatic carbocycles. The van der Waals surface area contributed by atoms with Crippen LogP contribution in [0.25, 0.3) is 0 Å². The molecule has 2 nitrogen and oxygen atoms in total. The Hall–Kier alpha value is -1.09. The standard InChI is InChI=1S/C18H26FNO/c1-11(20)16-13(19)6-5-7-14(16)21-15-10-12-8-9-18(15,4)17(12,2)3/h5-7,11-12,15H,8-10,20H2,1-4H3/t11-,12?,15?,18?/m1/s1. The van der Waals surface area contributed by atoms with Crippen molar-refractivity contribution in [2.75, 3.05) is 0 Å². The van der Waals surface area contributed by atoms with Crippen molar-refractivity contribution < 1.29 is 9.13 Å². The summed E-state index contributed by atoms with van der Waals surface area (Å²) in [6, 6.07) is 4.65. The minimum atomic E-state index is -0.361. The van der Waals surface area contributed by atoms with Gasteiger partial charge in [-0.1, -0.05) is 26.8 Å². The smallest absolute Gasteiger partial charge is 0.131 e. The lowest BCUT2D eigenvalue weighted by molar-refractivity contribution is 0.0292. The Morgan fingerprint density at radius 1 is 1.33 bits per heavy atom. The van der Waals surface area contributed by atoms with Crippen molar-refractivity contribution in [1.29, 1.82) is 0 Å². The summed E-state index contributed by atoms with van der Waals surface area (Å²) < 4.78 is 20.4. The van der Waals surface area contributed by atoms with Crippen LogP contribution in [-0.4, -0.2) is 6.10 Å². The molecule has 2 N–H and O–H groups in total. The molecular weight excluding hydrogens is 265 g/mol. The molecule has 0 aromatic heterocycles. The van der Waals surface area contributed by atoms with Crippen LogP contribution in [0.1, 0.15) is 58.6 Å². The molecule has 3 heteroatoms. The maximum absolute atomic E-state index is 14.1. The van der Waals surface area contributed by atoms with E-state index in [9.17, 15) is 4.39 Å². The third-order valence-corrected chi connectivity index (χ3v) is 6.45. The van der Waals surface area contributed by atoms with Crippen molar-refractivity contribution in [2.45, 2.75) is 59.1 Å². The largest absolute Gasteiger partial charge is 0.489 e. The van der Waals surface area contributed by atoms with Crippen LogP contribution in [0.15, 0.2) is 18.2 Å². The van der Waals surface area contributed by atoms with Crippen LogP contribution in [0.3, 0.4) is 0 Å². The number of hydrogen-bond acceptors (Lipinski definition) is 2. The van der Waals surface area contributed by atoms with Crippen molar-refractivity contribution >= 4 is 0 Å². The normalized spacial score (nSPS) is 35.0. The molecule has 21 heavy (non-hydrogen) atoms. The van der Waals surface area contributed by atoms with Gasteiger partial charge in [-0.2, -0.15) is 0 Å². The predicted octanol–water partition coefficient (Wildman–Crippen LogP) is 4.44. The zero-order valence-electron chi connectivity index (χ0n) is 13.4. The molecule has 116 valence electrons. The maximum Gasteiger partial charge on any atom is 0.131 e. The summed E-state index contributed by atoms with van der Waals surface area (Å²) in [7, 11) is 0. The van der Waals surface area contributed by atoms with Gasteiger partial charge in [-0.25, -0.2) is 4.39 Å². The van der Waals surface area contributed by atoms with Crippen LogP contribution < -0.4 is 10.5 Å². The van der Waals surface area contributed by atoms with Gasteiger partial charge in [-0.05, 0) is 49.7 Å². The fourth-order valence-electron chi connectivity index (χ4n) is 4.52. The van der Waals surface area contributed by atoms with E-state index >= 15 is 0 Å². The SMILES string of the molecule is C[C@@H](N)c1c(F)cccc1OC1CC2CCC1(C)C2(C)C. The molecule has 0 radical (unpaired) electrons. The molecule has 0 heterocycles. The average Bonchev–Trinajstić information content (AvgIpc) is 2.71. The van der Waals surface area contributed by atoms with Crippen LogP contribution in [0, 0.1) is 22.6 Å². The van der Waals surface area contributed by atoms with E-state index in [2.05, 4.69) is 20.8 Å². The Kier molecular flexibility index (Phi) is 3.32. The first kappa shape index (κ1) is 14.8. The van der Waals surface area contributed by atoms with Crippen LogP contribution in [-0.2, 0) is 0 Å². The number of ether oxygens (including phenoxy) is 1. The Balaban J connectivity index is 1.91. The van der Waals surface area contributed by atoms with Crippen molar-refractivity contribution in [3.63, 3.8) is 0 Å². The van der Waals surface area contributed by atoms with Gasteiger partial charge >= 0.3 is 0 Å². The highest BCUT2D eigenvalue weighted by Gasteiger charge is 2.62. The summed E-state index contributed by atoms with van der Waals surface area (Å²) in [4.78, 5) is 0. The van der Waals surface area contributed by atoms with Gasteiger partial charge in [0.2, 0.25) is 0 Å². The Labute approximate surface area is 126 Å². The van der Waals surface area contributed by atoms with E-state index in [1.54, 1.807) is 13.0 Å². The zero-order valence-corrected chi connectivity index (χ0v) is 13.4. The van der Waals surface area contributed by atoms with Gasteiger partial charge in [-0.3, -0.25) is 0 Å². The van der Waals surface area contributed by atoms with E-state index in [0.29, 0.717) is 22.6 Å². The van der Waals surface area contributed by atoms with Crippen LogP contribution in [0.4, 0.5) is 4.39 Å². The molecule has 0 spiro atoms. The molecule has 2 saturated carbocycles. The molecule has 2 aliphatic carbocycles. The summed E-state index contributed by atoms with van der Waals surface area (Å²) >= 11 is 0. The highest BCUT2D eigenvalue weighted by Crippen LogP contribution is 2.66. The number of benzene rings is 1. The maximum atomic E-state index is 14.1. The third kappa shape index (κ3) is 2.01. The number of fused-ring (bicyclic) bond motifs is 2. The summed E-state index contributed by atoms with van der Waals surface area (Å²) in [6.07, 6.45) is 3.70. The average molecular weight is 291 g/mol. The first-order valence-corrected chi connectivity index (χ1v) is 7.98. The van der Waals surface area contributed by atoms with Gasteiger partial charge in [0.15, 0.2) is 0 Å². The molecule has 1 aromatic rings. The van der Waals surface area contributed by atoms with Crippen LogP contribution in [0.5, 0.6) is 5.75 Å². The molecule has 0 saturated heterocycles. The molecule has 4 atom stereocenters. The minimum absolute atomic E-state index is 0.158. The van der Waals surface area contributed by atoms with Gasteiger partial charge in [0, 0.05) is 17.0 Å². The zero-order chi connectivity index (χ0) is 15.4. The fraction of sp³-hybridized carbons (Fsp3) is 0.667. The van der Waals surface area contributed by atoms with Gasteiger partial charge in [0.05, 0.1) is 0 Å². The molecular formula is C18H26FNO. The van der Waals surface area contributed by atoms with Crippen LogP contribution >= 0.6 is 0 Å². The highest BCUT2D eigenvalue weighted by atomic mass is 19.1. The van der Waals surface area contributed by atoms with Gasteiger partial charge < -0.3 is 10.5 Å². The number of nitrogens with two attached hydrogens (primary N) is 1. The van der Waals surface area contributed by atoms with Gasteiger partial charge in [-0.15, -0.1) is 0 Å². The van der Waals surface area contributed by atoms with Gasteiger partial charge in [0.1, 0.15) is 17.7 Å². The summed E-state index contributed by atoms with van der Waals surface area (Å²) in [6.45, 7) is 8.84. The molecule has 2 aliphatic rings. The molecule has 3 unspecified atom stereocenters. The molecule has 3 rings (SSSR count). The first-order valence-electron chi connectivity index (χ1n) is 7.98. The van der Waals surface area contributed by atoms with E-state index in [4.69, 9.17) is 10.5 Å². The van der Waals surface area contributed by atoms with E-state index in [0.717, 1.165) is 6.42 Å². The second-order valence-corrected chi connectivity index (χ2v) is 7.66. The quantitative estimate of drug-likeness (QED) is 0.893. The predicted molar refractivity (Wildman–Crippen MR) is 82.6 cm³/mol. The van der Waals surface area contributed by atoms with Gasteiger partial charge in [0.25, 0.3) is 0 Å². The number of hydrogen-bond donors (Lipinski definition) is 1. The highest BCUT2D eigenvalue weighted by molar-refractivity contribution is 5.37. The third-order valence-electron chi connectivity index (χ3n) is 6.45. The van der Waals surface area contributed by atoms with E-state index < -0.39 is 0 Å². The van der Waals surface area contributed by atoms with E-state index in [1.807, 2.05) is 6.07 Å². The second kappa shape index (κ2) is 4.70. The fourth-order valence-corrected chi connectivity index (χ4v) is 4.52. The van der Waals surface area contributed by atoms with Crippen molar-refractivity contribution in [2.24, 2.45) is 22.5 Å². The monoisotopic (exact) mass is 291 g/mol. The topological polar surface area (TPSA) is 35.2 Å². The van der Waals surface area contributed by atoms with Crippen molar-refractivity contribution in [1.82, 2.24) is 0 Å². The molecule has 0 amide bonds. The summed E-state index contributed by atoms with van der Waals surface area (Å²) in [5.74, 6) is 1.06. The molecule has 2 fully saturated rings. The van der Waals surface area contributed by atoms with E-state index in [-0.39, 0.29) is 23.4 Å². The Morgan fingerprint density at radius 3 is 2.57 bits per heavy atom. The molecule has 0 aliphatic heterocycles. The summed E-state index contributed by atoms with van der Waals surface area (Å²) in [5.41, 5.74) is 6.89. The number of rotatable bonds is 3. The first-order chi connectivity index (χ1) is 9.77. The molecule has 2 bridgehead atoms. The number of halogens is 1. The second-order valence-electron chi connectivity index (χ2n) is 7.66. The van der Waals surface area contributed by atoms with Crippen molar-refractivity contribution in [3.8, 4) is 5.75 Å². The Bertz CT molecular complexity index is 554. The van der Waals surface area contributed by atoms with Crippen LogP contribution in [0.2, 0.25) is 0 Å². The van der Waals surface area contributed by atoms with E-state index in [1.165, 1.54) is 18.9 Å². The Morgan fingerprint density at radius 2 is 2.05 bits per heavy atom. The summed E-state index contributed by atoms with van der Waals surface area (Å²) in [5, 5.41) is 0. The van der Waals surface area contributed by atoms with Crippen molar-refractivity contribution in [3.05, 3.63) is 29.6 Å². The minimum Gasteiger partial charge on any atom is -0.489 e. The lowest BCUT2D eigenvalue weighted by Gasteiger charge is -2.39.